The number of aromatic nitrogens is 4. The Hall–Kier alpha value is -3.00. The second-order valence-electron chi connectivity index (χ2n) is 11.3. The van der Waals surface area contributed by atoms with Crippen molar-refractivity contribution in [2.45, 2.75) is 78.0 Å². The number of nitrogens with two attached hydrogens (primary N) is 1. The molecule has 0 aromatic carbocycles. The van der Waals surface area contributed by atoms with E-state index in [1.807, 2.05) is 10.8 Å². The van der Waals surface area contributed by atoms with Gasteiger partial charge in [0.05, 0.1) is 12.3 Å². The normalized spacial score (nSPS) is 14.3. The molecule has 2 N–H and O–H groups in total. The van der Waals surface area contributed by atoms with Crippen molar-refractivity contribution in [3.05, 3.63) is 40.8 Å². The number of nitrogens with zero attached hydrogens (tertiary/aromatic N) is 6. The van der Waals surface area contributed by atoms with Crippen LogP contribution in [0.25, 0.3) is 11.0 Å². The predicted octanol–water partition coefficient (Wildman–Crippen LogP) is 4.96. The van der Waals surface area contributed by atoms with Gasteiger partial charge in [0.1, 0.15) is 29.5 Å². The Morgan fingerprint density at radius 1 is 1.13 bits per heavy atom. The molecule has 4 heterocycles. The minimum Gasteiger partial charge on any atom is -0.463 e. The van der Waals surface area contributed by atoms with Crippen LogP contribution < -0.4 is 10.5 Å². The highest BCUT2D eigenvalue weighted by atomic mass is 28.3. The Morgan fingerprint density at radius 2 is 1.92 bits per heavy atom. The highest BCUT2D eigenvalue weighted by Crippen LogP contribution is 2.31. The summed E-state index contributed by atoms with van der Waals surface area (Å²) in [4.78, 5) is 16.3. The average Bonchev–Trinajstić information content (AvgIpc) is 3.49. The summed E-state index contributed by atoms with van der Waals surface area (Å²) in [5.41, 5.74) is 11.0. The first-order valence-corrected chi connectivity index (χ1v) is 17.4. The second-order valence-corrected chi connectivity index (χ2v) is 16.9. The maximum atomic E-state index is 10.2. The summed E-state index contributed by atoms with van der Waals surface area (Å²) in [7, 11) is -1.24. The van der Waals surface area contributed by atoms with Gasteiger partial charge >= 0.3 is 6.01 Å². The largest absolute Gasteiger partial charge is 0.463 e. The molecule has 3 aromatic heterocycles. The lowest BCUT2D eigenvalue weighted by Crippen LogP contribution is -2.22. The zero-order valence-electron chi connectivity index (χ0n) is 23.3. The van der Waals surface area contributed by atoms with Crippen LogP contribution >= 0.6 is 0 Å². The molecule has 0 spiro atoms. The SMILES string of the molecule is CCCCOc1nc(N)c2c(n1)c(Cc1ccc(CN3CCCC3)nc1)c(C#N)n2COCC[Si](C)(C)C. The third-order valence-corrected chi connectivity index (χ3v) is 8.61. The smallest absolute Gasteiger partial charge is 0.319 e. The van der Waals surface area contributed by atoms with Crippen LogP contribution in [0.3, 0.4) is 0 Å². The maximum Gasteiger partial charge on any atom is 0.319 e. The van der Waals surface area contributed by atoms with Crippen LogP contribution in [-0.2, 0) is 24.4 Å². The molecule has 0 bridgehead atoms. The van der Waals surface area contributed by atoms with E-state index in [2.05, 4.69) is 54.7 Å². The summed E-state index contributed by atoms with van der Waals surface area (Å²) >= 11 is 0. The molecule has 1 aliphatic heterocycles. The first-order valence-electron chi connectivity index (χ1n) is 13.7. The van der Waals surface area contributed by atoms with Gasteiger partial charge in [0.2, 0.25) is 0 Å². The van der Waals surface area contributed by atoms with E-state index in [1.165, 1.54) is 12.8 Å². The van der Waals surface area contributed by atoms with Crippen molar-refractivity contribution in [1.29, 1.82) is 5.26 Å². The average molecular weight is 536 g/mol. The third-order valence-electron chi connectivity index (χ3n) is 6.90. The molecule has 3 aromatic rings. The molecule has 1 aliphatic rings. The van der Waals surface area contributed by atoms with Crippen molar-refractivity contribution < 1.29 is 9.47 Å². The van der Waals surface area contributed by atoms with E-state index in [-0.39, 0.29) is 18.6 Å². The van der Waals surface area contributed by atoms with Crippen LogP contribution in [-0.4, -0.2) is 58.8 Å². The molecule has 0 atom stereocenters. The number of nitrogen functional groups attached to an aromatic ring is 1. The molecule has 4 rings (SSSR count). The molecule has 9 nitrogen and oxygen atoms in total. The van der Waals surface area contributed by atoms with Crippen molar-refractivity contribution in [2.24, 2.45) is 0 Å². The van der Waals surface area contributed by atoms with Gasteiger partial charge in [-0.25, -0.2) is 0 Å². The summed E-state index contributed by atoms with van der Waals surface area (Å²) in [6.45, 7) is 13.6. The van der Waals surface area contributed by atoms with E-state index in [4.69, 9.17) is 25.2 Å². The number of ether oxygens (including phenoxy) is 2. The fourth-order valence-electron chi connectivity index (χ4n) is 4.67. The molecule has 10 heteroatoms. The Bertz CT molecular complexity index is 1260. The fourth-order valence-corrected chi connectivity index (χ4v) is 5.43. The molecule has 0 amide bonds. The van der Waals surface area contributed by atoms with Gasteiger partial charge in [0.15, 0.2) is 5.82 Å². The van der Waals surface area contributed by atoms with E-state index >= 15 is 0 Å². The van der Waals surface area contributed by atoms with Gasteiger partial charge in [0, 0.05) is 39.4 Å². The fraction of sp³-hybridized carbons (Fsp3) is 0.571. The highest BCUT2D eigenvalue weighted by molar-refractivity contribution is 6.76. The van der Waals surface area contributed by atoms with Crippen molar-refractivity contribution in [3.8, 4) is 12.1 Å². The quantitative estimate of drug-likeness (QED) is 0.241. The molecule has 0 aliphatic carbocycles. The standard InChI is InChI=1S/C28H41N7O2Si/c1-5-6-13-37-28-32-25-23(16-21-9-10-22(31-18-21)19-34-11-7-8-12-34)24(17-29)35(26(25)27(30)33-28)20-36-14-15-38(2,3)4/h9-10,18H,5-8,11-16,19-20H2,1-4H3,(H2,30,32,33). The molecule has 0 unspecified atom stereocenters. The van der Waals surface area contributed by atoms with Crippen molar-refractivity contribution in [1.82, 2.24) is 24.4 Å². The van der Waals surface area contributed by atoms with Crippen LogP contribution in [0, 0.1) is 11.3 Å². The number of nitriles is 1. The lowest BCUT2D eigenvalue weighted by molar-refractivity contribution is 0.0896. The Morgan fingerprint density at radius 3 is 2.58 bits per heavy atom. The predicted molar refractivity (Wildman–Crippen MR) is 153 cm³/mol. The number of rotatable bonds is 13. The highest BCUT2D eigenvalue weighted by Gasteiger charge is 2.23. The summed E-state index contributed by atoms with van der Waals surface area (Å²) in [6, 6.07) is 7.85. The monoisotopic (exact) mass is 535 g/mol. The molecule has 1 fully saturated rings. The maximum absolute atomic E-state index is 10.2. The number of anilines is 1. The first kappa shape index (κ1) is 28.0. The zero-order chi connectivity index (χ0) is 27.1. The molecular formula is C28H41N7O2Si. The molecular weight excluding hydrogens is 494 g/mol. The van der Waals surface area contributed by atoms with Gasteiger partial charge < -0.3 is 19.8 Å². The Balaban J connectivity index is 1.65. The summed E-state index contributed by atoms with van der Waals surface area (Å²) in [5.74, 6) is 0.289. The zero-order valence-corrected chi connectivity index (χ0v) is 24.3. The van der Waals surface area contributed by atoms with Gasteiger partial charge in [0.25, 0.3) is 0 Å². The van der Waals surface area contributed by atoms with E-state index in [9.17, 15) is 5.26 Å². The Kier molecular flexibility index (Phi) is 9.36. The van der Waals surface area contributed by atoms with Crippen LogP contribution in [0.4, 0.5) is 5.82 Å². The summed E-state index contributed by atoms with van der Waals surface area (Å²) in [6.07, 6.45) is 6.84. The molecule has 0 radical (unpaired) electrons. The molecule has 204 valence electrons. The molecule has 0 saturated carbocycles. The van der Waals surface area contributed by atoms with Crippen molar-refractivity contribution >= 4 is 24.9 Å². The van der Waals surface area contributed by atoms with Crippen LogP contribution in [0.1, 0.15) is 55.1 Å². The Labute approximate surface area is 227 Å². The van der Waals surface area contributed by atoms with Gasteiger partial charge in [-0.05, 0) is 50.0 Å². The van der Waals surface area contributed by atoms with Gasteiger partial charge in [-0.1, -0.05) is 39.1 Å². The van der Waals surface area contributed by atoms with E-state index < -0.39 is 8.07 Å². The number of hydrogen-bond donors (Lipinski definition) is 1. The number of likely N-dealkylation sites (tertiary alicyclic amines) is 1. The third kappa shape index (κ3) is 7.10. The molecule has 38 heavy (non-hydrogen) atoms. The molecule has 1 saturated heterocycles. The number of fused-ring (bicyclic) bond motifs is 1. The van der Waals surface area contributed by atoms with Crippen LogP contribution in [0.5, 0.6) is 6.01 Å². The number of pyridine rings is 1. The van der Waals surface area contributed by atoms with Gasteiger partial charge in [-0.2, -0.15) is 15.2 Å². The minimum atomic E-state index is -1.24. The summed E-state index contributed by atoms with van der Waals surface area (Å²) in [5, 5.41) is 10.2. The second kappa shape index (κ2) is 12.7. The van der Waals surface area contributed by atoms with Crippen LogP contribution in [0.15, 0.2) is 18.3 Å². The number of unbranched alkanes of at least 4 members (excludes halogenated alkanes) is 1. The van der Waals surface area contributed by atoms with Crippen molar-refractivity contribution in [3.63, 3.8) is 0 Å². The van der Waals surface area contributed by atoms with Gasteiger partial charge in [-0.15, -0.1) is 0 Å². The van der Waals surface area contributed by atoms with Crippen molar-refractivity contribution in [2.75, 3.05) is 32.0 Å². The topological polar surface area (TPSA) is 115 Å². The first-order chi connectivity index (χ1) is 18.3. The lowest BCUT2D eigenvalue weighted by Gasteiger charge is -2.16. The van der Waals surface area contributed by atoms with E-state index in [0.29, 0.717) is 36.4 Å². The summed E-state index contributed by atoms with van der Waals surface area (Å²) < 4.78 is 13.7. The van der Waals surface area contributed by atoms with E-state index in [1.54, 1.807) is 0 Å². The number of hydrogen-bond acceptors (Lipinski definition) is 8. The van der Waals surface area contributed by atoms with Gasteiger partial charge in [-0.3, -0.25) is 9.88 Å². The lowest BCUT2D eigenvalue weighted by atomic mass is 10.1. The van der Waals surface area contributed by atoms with E-state index in [0.717, 1.165) is 55.3 Å². The minimum absolute atomic E-state index is 0.223. The van der Waals surface area contributed by atoms with Crippen LogP contribution in [0.2, 0.25) is 25.7 Å².